The number of nitrogens with zero attached hydrogens (tertiary/aromatic N) is 2. The third-order valence-corrected chi connectivity index (χ3v) is 4.19. The Morgan fingerprint density at radius 2 is 1.80 bits per heavy atom. The van der Waals surface area contributed by atoms with Gasteiger partial charge in [-0.2, -0.15) is 0 Å². The fraction of sp³-hybridized carbons (Fsp3) is 0.211. The van der Waals surface area contributed by atoms with Crippen LogP contribution < -0.4 is 0 Å². The molecular weight excluding hydrogens is 384 g/mol. The van der Waals surface area contributed by atoms with Gasteiger partial charge in [0.05, 0.1) is 6.42 Å². The van der Waals surface area contributed by atoms with E-state index in [1.165, 1.54) is 0 Å². The third-order valence-electron chi connectivity index (χ3n) is 3.66. The quantitative estimate of drug-likeness (QED) is 0.582. The van der Waals surface area contributed by atoms with Crippen LogP contribution >= 0.6 is 15.9 Å². The number of carbonyl (C=O) groups is 1. The van der Waals surface area contributed by atoms with Gasteiger partial charge in [0.15, 0.2) is 6.10 Å². The number of benzene rings is 2. The van der Waals surface area contributed by atoms with Gasteiger partial charge in [0.25, 0.3) is 5.89 Å². The van der Waals surface area contributed by atoms with E-state index in [1.54, 1.807) is 6.92 Å². The van der Waals surface area contributed by atoms with Crippen molar-refractivity contribution in [1.82, 2.24) is 10.2 Å². The van der Waals surface area contributed by atoms with Gasteiger partial charge in [0, 0.05) is 10.0 Å². The van der Waals surface area contributed by atoms with Crippen LogP contribution in [0.15, 0.2) is 57.4 Å². The summed E-state index contributed by atoms with van der Waals surface area (Å²) in [6, 6.07) is 15.3. The van der Waals surface area contributed by atoms with E-state index in [1.807, 2.05) is 55.5 Å². The highest BCUT2D eigenvalue weighted by Gasteiger charge is 2.19. The molecule has 25 heavy (non-hydrogen) atoms. The average Bonchev–Trinajstić information content (AvgIpc) is 3.08. The second-order valence-electron chi connectivity index (χ2n) is 5.75. The predicted octanol–water partition coefficient (Wildman–Crippen LogP) is 4.65. The van der Waals surface area contributed by atoms with Crippen LogP contribution in [0.25, 0.3) is 11.5 Å². The van der Waals surface area contributed by atoms with Gasteiger partial charge in [-0.15, -0.1) is 10.2 Å². The third kappa shape index (κ3) is 4.54. The Morgan fingerprint density at radius 1 is 1.12 bits per heavy atom. The molecule has 5 nitrogen and oxygen atoms in total. The second kappa shape index (κ2) is 7.61. The van der Waals surface area contributed by atoms with Crippen molar-refractivity contribution in [1.29, 1.82) is 0 Å². The van der Waals surface area contributed by atoms with Crippen molar-refractivity contribution in [3.63, 3.8) is 0 Å². The highest BCUT2D eigenvalue weighted by atomic mass is 79.9. The molecule has 3 aromatic rings. The van der Waals surface area contributed by atoms with Crippen molar-refractivity contribution in [2.45, 2.75) is 26.4 Å². The molecule has 0 radical (unpaired) electrons. The minimum Gasteiger partial charge on any atom is -0.452 e. The van der Waals surface area contributed by atoms with Crippen molar-refractivity contribution < 1.29 is 13.9 Å². The topological polar surface area (TPSA) is 65.2 Å². The summed E-state index contributed by atoms with van der Waals surface area (Å²) in [4.78, 5) is 12.1. The first-order valence-electron chi connectivity index (χ1n) is 7.85. The van der Waals surface area contributed by atoms with E-state index in [9.17, 15) is 4.79 Å². The molecule has 2 aromatic carbocycles. The Labute approximate surface area is 154 Å². The average molecular weight is 401 g/mol. The lowest BCUT2D eigenvalue weighted by Crippen LogP contribution is -2.11. The summed E-state index contributed by atoms with van der Waals surface area (Å²) in [5.41, 5.74) is 2.86. The first-order valence-corrected chi connectivity index (χ1v) is 8.65. The summed E-state index contributed by atoms with van der Waals surface area (Å²) in [7, 11) is 0. The minimum atomic E-state index is -0.602. The number of esters is 1. The molecule has 0 fully saturated rings. The Kier molecular flexibility index (Phi) is 5.28. The Hall–Kier alpha value is -2.47. The second-order valence-corrected chi connectivity index (χ2v) is 6.66. The SMILES string of the molecule is Cc1ccc(-c2nnc([C@H](C)OC(=O)Cc3ccc(Br)cc3)o2)cc1. The zero-order valence-corrected chi connectivity index (χ0v) is 15.5. The highest BCUT2D eigenvalue weighted by molar-refractivity contribution is 9.10. The molecule has 6 heteroatoms. The summed E-state index contributed by atoms with van der Waals surface area (Å²) in [6.45, 7) is 3.72. The number of hydrogen-bond acceptors (Lipinski definition) is 5. The van der Waals surface area contributed by atoms with Crippen molar-refractivity contribution in [2.24, 2.45) is 0 Å². The van der Waals surface area contributed by atoms with Crippen LogP contribution in [-0.2, 0) is 16.0 Å². The number of carbonyl (C=O) groups excluding carboxylic acids is 1. The highest BCUT2D eigenvalue weighted by Crippen LogP contribution is 2.23. The van der Waals surface area contributed by atoms with Crippen molar-refractivity contribution in [2.75, 3.05) is 0 Å². The van der Waals surface area contributed by atoms with E-state index < -0.39 is 6.10 Å². The summed E-state index contributed by atoms with van der Waals surface area (Å²) in [5, 5.41) is 8.01. The van der Waals surface area contributed by atoms with E-state index in [0.29, 0.717) is 5.89 Å². The maximum Gasteiger partial charge on any atom is 0.311 e. The van der Waals surface area contributed by atoms with E-state index in [4.69, 9.17) is 9.15 Å². The van der Waals surface area contributed by atoms with Gasteiger partial charge in [-0.3, -0.25) is 4.79 Å². The first-order chi connectivity index (χ1) is 12.0. The summed E-state index contributed by atoms with van der Waals surface area (Å²) in [6.07, 6.45) is -0.411. The predicted molar refractivity (Wildman–Crippen MR) is 96.8 cm³/mol. The fourth-order valence-electron chi connectivity index (χ4n) is 2.27. The van der Waals surface area contributed by atoms with Crippen LogP contribution in [0.2, 0.25) is 0 Å². The standard InChI is InChI=1S/C19H17BrN2O3/c1-12-3-7-15(8-4-12)19-22-21-18(25-19)13(2)24-17(23)11-14-5-9-16(20)10-6-14/h3-10,13H,11H2,1-2H3/t13-/m0/s1. The van der Waals surface area contributed by atoms with Gasteiger partial charge in [0.1, 0.15) is 0 Å². The lowest BCUT2D eigenvalue weighted by molar-refractivity contribution is -0.148. The Bertz CT molecular complexity index is 857. The number of halogens is 1. The molecule has 0 N–H and O–H groups in total. The van der Waals surface area contributed by atoms with Gasteiger partial charge >= 0.3 is 5.97 Å². The van der Waals surface area contributed by atoms with Crippen LogP contribution in [0.4, 0.5) is 0 Å². The molecule has 0 spiro atoms. The van der Waals surface area contributed by atoms with Gasteiger partial charge in [-0.1, -0.05) is 45.8 Å². The number of aryl methyl sites for hydroxylation is 1. The monoisotopic (exact) mass is 400 g/mol. The van der Waals surface area contributed by atoms with Crippen LogP contribution in [0.1, 0.15) is 30.0 Å². The fourth-order valence-corrected chi connectivity index (χ4v) is 2.53. The normalized spacial score (nSPS) is 12.0. The van der Waals surface area contributed by atoms with Crippen LogP contribution in [0.3, 0.4) is 0 Å². The van der Waals surface area contributed by atoms with Crippen molar-refractivity contribution in [3.05, 3.63) is 70.0 Å². The molecule has 3 rings (SSSR count). The molecule has 0 aliphatic heterocycles. The Balaban J connectivity index is 1.63. The molecule has 0 aliphatic carbocycles. The summed E-state index contributed by atoms with van der Waals surface area (Å²) >= 11 is 3.36. The largest absolute Gasteiger partial charge is 0.452 e. The number of rotatable bonds is 5. The molecule has 0 aliphatic rings. The maximum atomic E-state index is 12.1. The Morgan fingerprint density at radius 3 is 2.48 bits per heavy atom. The lowest BCUT2D eigenvalue weighted by Gasteiger charge is -2.09. The smallest absolute Gasteiger partial charge is 0.311 e. The van der Waals surface area contributed by atoms with E-state index >= 15 is 0 Å². The first kappa shape index (κ1) is 17.4. The number of hydrogen-bond donors (Lipinski definition) is 0. The van der Waals surface area contributed by atoms with E-state index in [2.05, 4.69) is 26.1 Å². The molecule has 1 atom stereocenters. The zero-order chi connectivity index (χ0) is 17.8. The van der Waals surface area contributed by atoms with Gasteiger partial charge in [0.2, 0.25) is 5.89 Å². The van der Waals surface area contributed by atoms with Gasteiger partial charge < -0.3 is 9.15 Å². The molecule has 0 saturated heterocycles. The molecular formula is C19H17BrN2O3. The van der Waals surface area contributed by atoms with E-state index in [0.717, 1.165) is 21.2 Å². The molecule has 128 valence electrons. The maximum absolute atomic E-state index is 12.1. The minimum absolute atomic E-state index is 0.191. The molecule has 1 aromatic heterocycles. The summed E-state index contributed by atoms with van der Waals surface area (Å²) in [5.74, 6) is 0.343. The van der Waals surface area contributed by atoms with Gasteiger partial charge in [-0.25, -0.2) is 0 Å². The van der Waals surface area contributed by atoms with Crippen LogP contribution in [0, 0.1) is 6.92 Å². The summed E-state index contributed by atoms with van der Waals surface area (Å²) < 4.78 is 12.0. The van der Waals surface area contributed by atoms with Crippen LogP contribution in [-0.4, -0.2) is 16.2 Å². The number of aromatic nitrogens is 2. The molecule has 1 heterocycles. The number of ether oxygens (including phenoxy) is 1. The zero-order valence-electron chi connectivity index (χ0n) is 13.9. The molecule has 0 amide bonds. The van der Waals surface area contributed by atoms with Crippen molar-refractivity contribution >= 4 is 21.9 Å². The lowest BCUT2D eigenvalue weighted by atomic mass is 10.1. The van der Waals surface area contributed by atoms with Gasteiger partial charge in [-0.05, 0) is 43.7 Å². The van der Waals surface area contributed by atoms with E-state index in [-0.39, 0.29) is 18.3 Å². The van der Waals surface area contributed by atoms with Crippen molar-refractivity contribution in [3.8, 4) is 11.5 Å². The van der Waals surface area contributed by atoms with Crippen LogP contribution in [0.5, 0.6) is 0 Å². The molecule has 0 saturated carbocycles. The molecule has 0 bridgehead atoms. The molecule has 0 unspecified atom stereocenters.